The van der Waals surface area contributed by atoms with Gasteiger partial charge in [-0.2, -0.15) is 0 Å². The van der Waals surface area contributed by atoms with Gasteiger partial charge < -0.3 is 4.74 Å². The molecule has 0 atom stereocenters. The minimum Gasteiger partial charge on any atom is -0.461 e. The average Bonchev–Trinajstić information content (AvgIpc) is 2.97. The maximum Gasteiger partial charge on any atom is 0.360 e. The molecule has 114 valence electrons. The van der Waals surface area contributed by atoms with Gasteiger partial charge in [0.25, 0.3) is 0 Å². The highest BCUT2D eigenvalue weighted by atomic mass is 79.9. The summed E-state index contributed by atoms with van der Waals surface area (Å²) < 4.78 is 7.93. The predicted octanol–water partition coefficient (Wildman–Crippen LogP) is 3.53. The number of esters is 1. The van der Waals surface area contributed by atoms with E-state index in [1.165, 1.54) is 0 Å². The van der Waals surface area contributed by atoms with Crippen LogP contribution in [0, 0.1) is 5.92 Å². The van der Waals surface area contributed by atoms with Crippen LogP contribution in [0.5, 0.6) is 0 Å². The van der Waals surface area contributed by atoms with Crippen LogP contribution in [0.3, 0.4) is 0 Å². The maximum absolute atomic E-state index is 12.0. The van der Waals surface area contributed by atoms with Gasteiger partial charge in [0.15, 0.2) is 5.69 Å². The number of hydrogen-bond acceptors (Lipinski definition) is 5. The van der Waals surface area contributed by atoms with E-state index in [0.717, 1.165) is 20.8 Å². The average molecular weight is 372 g/mol. The van der Waals surface area contributed by atoms with Crippen molar-refractivity contribution in [1.82, 2.24) is 15.0 Å². The van der Waals surface area contributed by atoms with E-state index in [9.17, 15) is 4.79 Å². The molecule has 0 saturated heterocycles. The van der Waals surface area contributed by atoms with Gasteiger partial charge in [-0.25, -0.2) is 9.48 Å². The Labute approximate surface area is 136 Å². The molecule has 7 heteroatoms. The summed E-state index contributed by atoms with van der Waals surface area (Å²) in [6.45, 7) is 6.95. The molecule has 0 amide bonds. The second-order valence-corrected chi connectivity index (χ2v) is 7.61. The first-order valence-electron chi connectivity index (χ1n) is 6.85. The van der Waals surface area contributed by atoms with Crippen molar-refractivity contribution in [2.24, 2.45) is 5.92 Å². The molecule has 0 aliphatic carbocycles. The fourth-order valence-electron chi connectivity index (χ4n) is 1.99. The monoisotopic (exact) mass is 371 g/mol. The van der Waals surface area contributed by atoms with Crippen LogP contribution >= 0.6 is 27.3 Å². The van der Waals surface area contributed by atoms with Gasteiger partial charge in [0.05, 0.1) is 22.6 Å². The molecule has 2 aromatic rings. The van der Waals surface area contributed by atoms with Crippen LogP contribution in [0.15, 0.2) is 15.9 Å². The molecule has 0 aliphatic rings. The first-order valence-corrected chi connectivity index (χ1v) is 8.45. The lowest BCUT2D eigenvalue weighted by molar-refractivity contribution is 0.0518. The Hall–Kier alpha value is -1.21. The summed E-state index contributed by atoms with van der Waals surface area (Å²) in [4.78, 5) is 13.1. The Kier molecular flexibility index (Phi) is 5.52. The first-order chi connectivity index (χ1) is 10.0. The molecule has 0 aliphatic heterocycles. The molecule has 0 N–H and O–H groups in total. The second-order valence-electron chi connectivity index (χ2n) is 5.07. The van der Waals surface area contributed by atoms with Crippen molar-refractivity contribution < 1.29 is 9.53 Å². The molecule has 2 rings (SSSR count). The van der Waals surface area contributed by atoms with Crippen molar-refractivity contribution in [2.75, 3.05) is 6.61 Å². The Bertz CT molecular complexity index is 622. The van der Waals surface area contributed by atoms with E-state index in [1.807, 2.05) is 12.1 Å². The normalized spacial score (nSPS) is 11.1. The van der Waals surface area contributed by atoms with Crippen molar-refractivity contribution in [1.29, 1.82) is 0 Å². The van der Waals surface area contributed by atoms with Crippen molar-refractivity contribution in [2.45, 2.75) is 33.7 Å². The van der Waals surface area contributed by atoms with Gasteiger partial charge in [0.1, 0.15) is 0 Å². The highest BCUT2D eigenvalue weighted by Gasteiger charge is 2.21. The van der Waals surface area contributed by atoms with E-state index in [2.05, 4.69) is 40.1 Å². The maximum atomic E-state index is 12.0. The van der Waals surface area contributed by atoms with Gasteiger partial charge in [-0.15, -0.1) is 16.4 Å². The summed E-state index contributed by atoms with van der Waals surface area (Å²) in [6, 6.07) is 4.05. The van der Waals surface area contributed by atoms with E-state index < -0.39 is 5.97 Å². The van der Waals surface area contributed by atoms with Crippen LogP contribution < -0.4 is 0 Å². The molecular formula is C14H18BrN3O2S. The van der Waals surface area contributed by atoms with Crippen molar-refractivity contribution in [3.8, 4) is 0 Å². The van der Waals surface area contributed by atoms with E-state index in [1.54, 1.807) is 22.9 Å². The summed E-state index contributed by atoms with van der Waals surface area (Å²) in [5, 5.41) is 8.16. The zero-order valence-electron chi connectivity index (χ0n) is 12.3. The third-order valence-corrected chi connectivity index (χ3v) is 4.45. The van der Waals surface area contributed by atoms with Gasteiger partial charge in [-0.3, -0.25) is 0 Å². The highest BCUT2D eigenvalue weighted by Crippen LogP contribution is 2.23. The lowest BCUT2D eigenvalue weighted by atomic mass is 10.1. The number of halogens is 1. The Morgan fingerprint density at radius 2 is 2.24 bits per heavy atom. The second kappa shape index (κ2) is 7.17. The van der Waals surface area contributed by atoms with Gasteiger partial charge in [-0.1, -0.05) is 19.1 Å². The van der Waals surface area contributed by atoms with Crippen LogP contribution in [0.25, 0.3) is 0 Å². The van der Waals surface area contributed by atoms with Crippen LogP contribution in [0.2, 0.25) is 0 Å². The number of aromatic nitrogens is 3. The number of nitrogens with zero attached hydrogens (tertiary/aromatic N) is 3. The first kappa shape index (κ1) is 16.2. The number of carbonyl (C=O) groups excluding carboxylic acids is 1. The minimum atomic E-state index is -0.397. The Balaban J connectivity index is 2.29. The van der Waals surface area contributed by atoms with Crippen molar-refractivity contribution >= 4 is 33.2 Å². The third-order valence-electron chi connectivity index (χ3n) is 2.84. The fourth-order valence-corrected chi connectivity index (χ4v) is 3.46. The molecule has 0 fully saturated rings. The number of carbonyl (C=O) groups is 1. The van der Waals surface area contributed by atoms with Crippen LogP contribution in [0.4, 0.5) is 0 Å². The molecule has 5 nitrogen and oxygen atoms in total. The van der Waals surface area contributed by atoms with E-state index in [0.29, 0.717) is 24.8 Å². The van der Waals surface area contributed by atoms with Crippen molar-refractivity contribution in [3.05, 3.63) is 32.2 Å². The summed E-state index contributed by atoms with van der Waals surface area (Å²) in [5.41, 5.74) is 1.18. The molecular weight excluding hydrogens is 354 g/mol. The molecule has 0 unspecified atom stereocenters. The molecule has 21 heavy (non-hydrogen) atoms. The highest BCUT2D eigenvalue weighted by molar-refractivity contribution is 9.11. The summed E-state index contributed by atoms with van der Waals surface area (Å²) >= 11 is 5.10. The van der Waals surface area contributed by atoms with Crippen LogP contribution in [-0.2, 0) is 17.7 Å². The summed E-state index contributed by atoms with van der Waals surface area (Å²) in [5.74, 6) is 0.0114. The number of rotatable bonds is 6. The molecule has 0 radical (unpaired) electrons. The van der Waals surface area contributed by atoms with Gasteiger partial charge in [0, 0.05) is 4.88 Å². The largest absolute Gasteiger partial charge is 0.461 e. The smallest absolute Gasteiger partial charge is 0.360 e. The summed E-state index contributed by atoms with van der Waals surface area (Å²) in [7, 11) is 0. The van der Waals surface area contributed by atoms with Crippen LogP contribution in [-0.4, -0.2) is 27.6 Å². The molecule has 0 spiro atoms. The fraction of sp³-hybridized carbons (Fsp3) is 0.500. The predicted molar refractivity (Wildman–Crippen MR) is 85.6 cm³/mol. The summed E-state index contributed by atoms with van der Waals surface area (Å²) in [6.07, 6.45) is 0.744. The molecule has 2 aromatic heterocycles. The molecule has 0 bridgehead atoms. The van der Waals surface area contributed by atoms with E-state index >= 15 is 0 Å². The van der Waals surface area contributed by atoms with Gasteiger partial charge >= 0.3 is 5.97 Å². The zero-order valence-corrected chi connectivity index (χ0v) is 14.7. The lowest BCUT2D eigenvalue weighted by Gasteiger charge is -2.09. The topological polar surface area (TPSA) is 57.0 Å². The van der Waals surface area contributed by atoms with Crippen molar-refractivity contribution in [3.63, 3.8) is 0 Å². The lowest BCUT2D eigenvalue weighted by Crippen LogP contribution is -2.13. The molecule has 0 saturated carbocycles. The zero-order chi connectivity index (χ0) is 15.4. The van der Waals surface area contributed by atoms with Crippen LogP contribution in [0.1, 0.15) is 41.8 Å². The SMILES string of the molecule is CCOC(=O)c1nnn(Cc2ccc(Br)s2)c1CC(C)C. The number of thiophene rings is 1. The number of hydrogen-bond donors (Lipinski definition) is 0. The van der Waals surface area contributed by atoms with Gasteiger partial charge in [-0.05, 0) is 47.3 Å². The van der Waals surface area contributed by atoms with E-state index in [4.69, 9.17) is 4.74 Å². The molecule has 2 heterocycles. The quantitative estimate of drug-likeness (QED) is 0.728. The van der Waals surface area contributed by atoms with E-state index in [-0.39, 0.29) is 0 Å². The standard InChI is InChI=1S/C14H18BrN3O2S/c1-4-20-14(19)13-11(7-9(2)3)18(17-16-13)8-10-5-6-12(15)21-10/h5-6,9H,4,7-8H2,1-3H3. The Morgan fingerprint density at radius 3 is 2.81 bits per heavy atom. The Morgan fingerprint density at radius 1 is 1.48 bits per heavy atom. The third kappa shape index (κ3) is 4.14. The van der Waals surface area contributed by atoms with Gasteiger partial charge in [0.2, 0.25) is 0 Å². The molecule has 0 aromatic carbocycles. The number of ether oxygens (including phenoxy) is 1. The minimum absolute atomic E-state index is 0.334.